The monoisotopic (exact) mass is 294 g/mol. The third-order valence-corrected chi connectivity index (χ3v) is 5.10. The third kappa shape index (κ3) is 2.76. The molecule has 0 fully saturated rings. The van der Waals surface area contributed by atoms with E-state index in [0.29, 0.717) is 12.0 Å². The molecule has 4 heteroatoms. The highest BCUT2D eigenvalue weighted by atomic mass is 32.1. The summed E-state index contributed by atoms with van der Waals surface area (Å²) in [7, 11) is 0. The highest BCUT2D eigenvalue weighted by Crippen LogP contribution is 2.34. The van der Waals surface area contributed by atoms with Gasteiger partial charge in [0.25, 0.3) is 0 Å². The number of aryl methyl sites for hydroxylation is 2. The molecule has 20 heavy (non-hydrogen) atoms. The van der Waals surface area contributed by atoms with E-state index in [0.717, 1.165) is 29.9 Å². The van der Waals surface area contributed by atoms with E-state index >= 15 is 0 Å². The van der Waals surface area contributed by atoms with Crippen LogP contribution in [0.5, 0.6) is 0 Å². The van der Waals surface area contributed by atoms with Crippen molar-refractivity contribution in [3.63, 3.8) is 0 Å². The Morgan fingerprint density at radius 2 is 1.90 bits per heavy atom. The second-order valence-corrected chi connectivity index (χ2v) is 6.44. The van der Waals surface area contributed by atoms with E-state index in [1.807, 2.05) is 0 Å². The molecule has 1 atom stereocenters. The first kappa shape index (κ1) is 13.7. The largest absolute Gasteiger partial charge is 0.387 e. The quantitative estimate of drug-likeness (QED) is 0.900. The SMILES string of the molecule is OC(Cc1ccc(F)c(F)c1)c1cc2c(s1)CCCC2. The zero-order chi connectivity index (χ0) is 14.1. The summed E-state index contributed by atoms with van der Waals surface area (Å²) in [4.78, 5) is 2.30. The summed E-state index contributed by atoms with van der Waals surface area (Å²) in [5.74, 6) is -1.71. The molecule has 0 radical (unpaired) electrons. The maximum Gasteiger partial charge on any atom is 0.159 e. The first-order valence-electron chi connectivity index (χ1n) is 6.87. The zero-order valence-corrected chi connectivity index (χ0v) is 11.9. The Kier molecular flexibility index (Phi) is 3.85. The summed E-state index contributed by atoms with van der Waals surface area (Å²) in [5.41, 5.74) is 1.96. The van der Waals surface area contributed by atoms with Crippen molar-refractivity contribution in [2.75, 3.05) is 0 Å². The summed E-state index contributed by atoms with van der Waals surface area (Å²) in [5, 5.41) is 10.3. The summed E-state index contributed by atoms with van der Waals surface area (Å²) >= 11 is 1.65. The van der Waals surface area contributed by atoms with Crippen molar-refractivity contribution in [3.05, 3.63) is 56.8 Å². The van der Waals surface area contributed by atoms with Crippen molar-refractivity contribution in [1.29, 1.82) is 0 Å². The highest BCUT2D eigenvalue weighted by Gasteiger charge is 2.18. The number of aliphatic hydroxyl groups is 1. The minimum Gasteiger partial charge on any atom is -0.387 e. The number of rotatable bonds is 3. The summed E-state index contributed by atoms with van der Waals surface area (Å²) in [6, 6.07) is 5.86. The molecular weight excluding hydrogens is 278 g/mol. The molecule has 2 aromatic rings. The Morgan fingerprint density at radius 1 is 1.10 bits per heavy atom. The molecule has 1 unspecified atom stereocenters. The molecule has 0 amide bonds. The molecule has 0 saturated heterocycles. The van der Waals surface area contributed by atoms with Gasteiger partial charge in [0.1, 0.15) is 0 Å². The Labute approximate surface area is 120 Å². The number of benzene rings is 1. The predicted octanol–water partition coefficient (Wildman–Crippen LogP) is 4.18. The molecule has 0 saturated carbocycles. The van der Waals surface area contributed by atoms with Crippen molar-refractivity contribution in [2.45, 2.75) is 38.2 Å². The van der Waals surface area contributed by atoms with Gasteiger partial charge in [0.2, 0.25) is 0 Å². The van der Waals surface area contributed by atoms with Crippen LogP contribution < -0.4 is 0 Å². The van der Waals surface area contributed by atoms with Crippen molar-refractivity contribution >= 4 is 11.3 Å². The summed E-state index contributed by atoms with van der Waals surface area (Å²) in [6.45, 7) is 0. The Balaban J connectivity index is 1.76. The molecule has 1 N–H and O–H groups in total. The number of aliphatic hydroxyl groups excluding tert-OH is 1. The van der Waals surface area contributed by atoms with Crippen LogP contribution in [0.25, 0.3) is 0 Å². The molecule has 0 aliphatic heterocycles. The molecule has 1 aromatic heterocycles. The third-order valence-electron chi connectivity index (χ3n) is 3.76. The first-order chi connectivity index (χ1) is 9.63. The second-order valence-electron chi connectivity index (χ2n) is 5.27. The molecule has 106 valence electrons. The van der Waals surface area contributed by atoms with E-state index in [2.05, 4.69) is 6.07 Å². The number of fused-ring (bicyclic) bond motifs is 1. The maximum absolute atomic E-state index is 13.2. The van der Waals surface area contributed by atoms with Gasteiger partial charge in [-0.1, -0.05) is 6.07 Å². The molecule has 0 bridgehead atoms. The molecular formula is C16H16F2OS. The number of hydrogen-bond donors (Lipinski definition) is 1. The summed E-state index contributed by atoms with van der Waals surface area (Å²) < 4.78 is 26.0. The standard InChI is InChI=1S/C16H16F2OS/c17-12-6-5-10(7-13(12)18)8-14(19)16-9-11-3-1-2-4-15(11)20-16/h5-7,9,14,19H,1-4,8H2. The van der Waals surface area contributed by atoms with Gasteiger partial charge in [-0.05, 0) is 55.0 Å². The molecule has 1 aromatic carbocycles. The zero-order valence-electron chi connectivity index (χ0n) is 11.0. The molecule has 1 nitrogen and oxygen atoms in total. The van der Waals surface area contributed by atoms with Crippen molar-refractivity contribution < 1.29 is 13.9 Å². The van der Waals surface area contributed by atoms with Gasteiger partial charge >= 0.3 is 0 Å². The number of thiophene rings is 1. The number of halogens is 2. The van der Waals surface area contributed by atoms with Gasteiger partial charge in [-0.2, -0.15) is 0 Å². The maximum atomic E-state index is 13.2. The number of hydrogen-bond acceptors (Lipinski definition) is 2. The van der Waals surface area contributed by atoms with Crippen molar-refractivity contribution in [3.8, 4) is 0 Å². The van der Waals surface area contributed by atoms with Gasteiger partial charge in [-0.15, -0.1) is 11.3 Å². The van der Waals surface area contributed by atoms with Crippen LogP contribution in [-0.2, 0) is 19.3 Å². The average molecular weight is 294 g/mol. The van der Waals surface area contributed by atoms with Gasteiger partial charge in [0.05, 0.1) is 6.10 Å². The Morgan fingerprint density at radius 3 is 2.65 bits per heavy atom. The lowest BCUT2D eigenvalue weighted by Gasteiger charge is -2.08. The van der Waals surface area contributed by atoms with Gasteiger partial charge in [-0.3, -0.25) is 0 Å². The normalized spacial score (nSPS) is 15.9. The topological polar surface area (TPSA) is 20.2 Å². The fourth-order valence-corrected chi connectivity index (χ4v) is 3.91. The minimum atomic E-state index is -0.861. The molecule has 3 rings (SSSR count). The first-order valence-corrected chi connectivity index (χ1v) is 7.68. The van der Waals surface area contributed by atoms with Gasteiger partial charge in [0.15, 0.2) is 11.6 Å². The van der Waals surface area contributed by atoms with Gasteiger partial charge < -0.3 is 5.11 Å². The highest BCUT2D eigenvalue weighted by molar-refractivity contribution is 7.12. The van der Waals surface area contributed by atoms with Crippen LogP contribution in [0.15, 0.2) is 24.3 Å². The predicted molar refractivity (Wildman–Crippen MR) is 76.0 cm³/mol. The lowest BCUT2D eigenvalue weighted by molar-refractivity contribution is 0.182. The average Bonchev–Trinajstić information content (AvgIpc) is 2.87. The van der Waals surface area contributed by atoms with E-state index in [1.54, 1.807) is 11.3 Å². The molecule has 0 spiro atoms. The van der Waals surface area contributed by atoms with E-state index in [9.17, 15) is 13.9 Å². The Hall–Kier alpha value is -1.26. The molecule has 1 heterocycles. The van der Waals surface area contributed by atoms with Crippen LogP contribution in [0, 0.1) is 11.6 Å². The van der Waals surface area contributed by atoms with Crippen LogP contribution in [0.4, 0.5) is 8.78 Å². The van der Waals surface area contributed by atoms with E-state index < -0.39 is 17.7 Å². The van der Waals surface area contributed by atoms with Crippen LogP contribution in [-0.4, -0.2) is 5.11 Å². The van der Waals surface area contributed by atoms with Crippen LogP contribution in [0.2, 0.25) is 0 Å². The molecule has 1 aliphatic carbocycles. The fourth-order valence-electron chi connectivity index (χ4n) is 2.67. The lowest BCUT2D eigenvalue weighted by atomic mass is 9.98. The molecule has 1 aliphatic rings. The van der Waals surface area contributed by atoms with Gasteiger partial charge in [0, 0.05) is 16.2 Å². The lowest BCUT2D eigenvalue weighted by Crippen LogP contribution is -2.00. The van der Waals surface area contributed by atoms with E-state index in [-0.39, 0.29) is 0 Å². The Bertz CT molecular complexity index is 597. The fraction of sp³-hybridized carbons (Fsp3) is 0.375. The van der Waals surface area contributed by atoms with Crippen molar-refractivity contribution in [1.82, 2.24) is 0 Å². The van der Waals surface area contributed by atoms with Gasteiger partial charge in [-0.25, -0.2) is 8.78 Å². The van der Waals surface area contributed by atoms with Crippen LogP contribution >= 0.6 is 11.3 Å². The van der Waals surface area contributed by atoms with E-state index in [4.69, 9.17) is 0 Å². The summed E-state index contributed by atoms with van der Waals surface area (Å²) in [6.07, 6.45) is 4.28. The van der Waals surface area contributed by atoms with E-state index in [1.165, 1.54) is 29.3 Å². The van der Waals surface area contributed by atoms with Crippen molar-refractivity contribution in [2.24, 2.45) is 0 Å². The second kappa shape index (κ2) is 5.62. The van der Waals surface area contributed by atoms with Crippen LogP contribution in [0.3, 0.4) is 0 Å². The van der Waals surface area contributed by atoms with Crippen LogP contribution in [0.1, 0.15) is 39.8 Å². The smallest absolute Gasteiger partial charge is 0.159 e. The minimum absolute atomic E-state index is 0.316.